The van der Waals surface area contributed by atoms with E-state index in [1.165, 1.54) is 6.20 Å². The Morgan fingerprint density at radius 3 is 2.87 bits per heavy atom. The van der Waals surface area contributed by atoms with Crippen LogP contribution in [0.4, 0.5) is 0 Å². The zero-order chi connectivity index (χ0) is 11.3. The van der Waals surface area contributed by atoms with Crippen molar-refractivity contribution >= 4 is 10.0 Å². The molecule has 0 bridgehead atoms. The molecule has 1 rings (SSSR count). The largest absolute Gasteiger partial charge is 0.329 e. The van der Waals surface area contributed by atoms with Crippen molar-refractivity contribution in [1.82, 2.24) is 14.9 Å². The van der Waals surface area contributed by atoms with Gasteiger partial charge in [-0.25, -0.2) is 13.1 Å². The lowest BCUT2D eigenvalue weighted by Gasteiger charge is -2.10. The van der Waals surface area contributed by atoms with Crippen LogP contribution in [0.15, 0.2) is 18.3 Å². The molecule has 0 amide bonds. The Kier molecular flexibility index (Phi) is 4.13. The lowest BCUT2D eigenvalue weighted by molar-refractivity contribution is 0.567. The van der Waals surface area contributed by atoms with Crippen molar-refractivity contribution < 1.29 is 8.42 Å². The molecular weight excluding hydrogens is 216 g/mol. The van der Waals surface area contributed by atoms with E-state index in [2.05, 4.69) is 14.9 Å². The molecule has 0 saturated heterocycles. The summed E-state index contributed by atoms with van der Waals surface area (Å²) in [6.07, 6.45) is 1.53. The summed E-state index contributed by atoms with van der Waals surface area (Å²) in [6.45, 7) is 1.79. The molecular formula is C8H14N4O2S. The second-order valence-electron chi connectivity index (χ2n) is 3.13. The summed E-state index contributed by atoms with van der Waals surface area (Å²) >= 11 is 0. The van der Waals surface area contributed by atoms with Crippen molar-refractivity contribution in [1.29, 1.82) is 0 Å². The van der Waals surface area contributed by atoms with E-state index >= 15 is 0 Å². The fourth-order valence-corrected chi connectivity index (χ4v) is 1.76. The number of nitrogens with two attached hydrogens (primary N) is 1. The highest BCUT2D eigenvalue weighted by Gasteiger charge is 2.18. The van der Waals surface area contributed by atoms with Crippen LogP contribution in [0.2, 0.25) is 0 Å². The van der Waals surface area contributed by atoms with Crippen molar-refractivity contribution in [3.63, 3.8) is 0 Å². The molecule has 0 aliphatic heterocycles. The summed E-state index contributed by atoms with van der Waals surface area (Å²) < 4.78 is 25.4. The number of sulfonamides is 1. The van der Waals surface area contributed by atoms with E-state index in [0.29, 0.717) is 5.69 Å². The zero-order valence-electron chi connectivity index (χ0n) is 8.42. The molecule has 1 heterocycles. The van der Waals surface area contributed by atoms with Crippen LogP contribution in [0.5, 0.6) is 0 Å². The van der Waals surface area contributed by atoms with Crippen molar-refractivity contribution in [3.8, 4) is 0 Å². The van der Waals surface area contributed by atoms with E-state index in [4.69, 9.17) is 5.73 Å². The first-order valence-electron chi connectivity index (χ1n) is 4.51. The van der Waals surface area contributed by atoms with E-state index < -0.39 is 15.3 Å². The molecule has 1 aromatic rings. The van der Waals surface area contributed by atoms with Gasteiger partial charge in [0, 0.05) is 12.7 Å². The van der Waals surface area contributed by atoms with Crippen LogP contribution >= 0.6 is 0 Å². The highest BCUT2D eigenvalue weighted by atomic mass is 32.2. The van der Waals surface area contributed by atoms with Crippen LogP contribution in [0.1, 0.15) is 12.6 Å². The Morgan fingerprint density at radius 2 is 2.33 bits per heavy atom. The zero-order valence-corrected chi connectivity index (χ0v) is 9.24. The molecule has 0 fully saturated rings. The van der Waals surface area contributed by atoms with Gasteiger partial charge in [0.15, 0.2) is 0 Å². The monoisotopic (exact) mass is 230 g/mol. The standard InChI is InChI=1S/C8H14N4O2S/c1-7(5-9)15(13,14)11-6-8-3-2-4-10-12-8/h2-4,7,11H,5-6,9H2,1H3. The molecule has 0 aliphatic carbocycles. The first kappa shape index (κ1) is 12.0. The first-order chi connectivity index (χ1) is 7.06. The molecule has 0 saturated carbocycles. The maximum Gasteiger partial charge on any atom is 0.215 e. The van der Waals surface area contributed by atoms with Crippen LogP contribution in [0.25, 0.3) is 0 Å². The van der Waals surface area contributed by atoms with Gasteiger partial charge in [0.05, 0.1) is 17.5 Å². The summed E-state index contributed by atoms with van der Waals surface area (Å²) in [7, 11) is -3.35. The molecule has 6 nitrogen and oxygen atoms in total. The molecule has 15 heavy (non-hydrogen) atoms. The predicted octanol–water partition coefficient (Wildman–Crippen LogP) is -0.757. The number of aromatic nitrogens is 2. The van der Waals surface area contributed by atoms with Crippen molar-refractivity contribution in [2.75, 3.05) is 6.54 Å². The molecule has 0 aliphatic rings. The summed E-state index contributed by atoms with van der Waals surface area (Å²) in [6, 6.07) is 3.39. The van der Waals surface area contributed by atoms with Crippen LogP contribution in [0, 0.1) is 0 Å². The summed E-state index contributed by atoms with van der Waals surface area (Å²) in [5.74, 6) is 0. The number of rotatable bonds is 5. The first-order valence-corrected chi connectivity index (χ1v) is 6.06. The third kappa shape index (κ3) is 3.54. The smallest absolute Gasteiger partial charge is 0.215 e. The van der Waals surface area contributed by atoms with Gasteiger partial charge in [-0.1, -0.05) is 0 Å². The fraction of sp³-hybridized carbons (Fsp3) is 0.500. The Labute approximate surface area is 88.9 Å². The van der Waals surface area contributed by atoms with Crippen molar-refractivity contribution in [2.24, 2.45) is 5.73 Å². The van der Waals surface area contributed by atoms with Crippen LogP contribution in [-0.4, -0.2) is 30.4 Å². The van der Waals surface area contributed by atoms with E-state index in [0.717, 1.165) is 0 Å². The summed E-state index contributed by atoms with van der Waals surface area (Å²) in [5, 5.41) is 6.80. The van der Waals surface area contributed by atoms with Gasteiger partial charge in [-0.2, -0.15) is 10.2 Å². The third-order valence-electron chi connectivity index (χ3n) is 1.94. The minimum atomic E-state index is -3.35. The van der Waals surface area contributed by atoms with Crippen LogP contribution < -0.4 is 10.5 Å². The molecule has 3 N–H and O–H groups in total. The second kappa shape index (κ2) is 5.15. The summed E-state index contributed by atoms with van der Waals surface area (Å²) in [5.41, 5.74) is 5.85. The van der Waals surface area contributed by atoms with E-state index in [1.807, 2.05) is 0 Å². The molecule has 84 valence electrons. The van der Waals surface area contributed by atoms with E-state index in [1.54, 1.807) is 19.1 Å². The van der Waals surface area contributed by atoms with Gasteiger partial charge in [-0.15, -0.1) is 0 Å². The number of hydrogen-bond acceptors (Lipinski definition) is 5. The normalized spacial score (nSPS) is 13.7. The quantitative estimate of drug-likeness (QED) is 0.693. The Hall–Kier alpha value is -1.05. The van der Waals surface area contributed by atoms with Gasteiger partial charge in [0.1, 0.15) is 0 Å². The van der Waals surface area contributed by atoms with Gasteiger partial charge in [-0.3, -0.25) is 0 Å². The average Bonchev–Trinajstić information content (AvgIpc) is 2.27. The van der Waals surface area contributed by atoms with Gasteiger partial charge in [-0.05, 0) is 19.1 Å². The maximum absolute atomic E-state index is 11.5. The average molecular weight is 230 g/mol. The minimum absolute atomic E-state index is 0.0931. The summed E-state index contributed by atoms with van der Waals surface area (Å²) in [4.78, 5) is 0. The molecule has 7 heteroatoms. The highest BCUT2D eigenvalue weighted by molar-refractivity contribution is 7.90. The molecule has 0 aromatic carbocycles. The van der Waals surface area contributed by atoms with Crippen LogP contribution in [-0.2, 0) is 16.6 Å². The minimum Gasteiger partial charge on any atom is -0.329 e. The van der Waals surface area contributed by atoms with Crippen molar-refractivity contribution in [2.45, 2.75) is 18.7 Å². The SMILES string of the molecule is CC(CN)S(=O)(=O)NCc1cccnn1. The third-order valence-corrected chi connectivity index (χ3v) is 3.74. The number of hydrogen-bond donors (Lipinski definition) is 2. The predicted molar refractivity (Wildman–Crippen MR) is 56.3 cm³/mol. The number of nitrogens with zero attached hydrogens (tertiary/aromatic N) is 2. The van der Waals surface area contributed by atoms with Gasteiger partial charge >= 0.3 is 0 Å². The van der Waals surface area contributed by atoms with Crippen LogP contribution in [0.3, 0.4) is 0 Å². The van der Waals surface area contributed by atoms with Gasteiger partial charge < -0.3 is 5.73 Å². The second-order valence-corrected chi connectivity index (χ2v) is 5.31. The molecule has 0 spiro atoms. The van der Waals surface area contributed by atoms with Gasteiger partial charge in [0.25, 0.3) is 0 Å². The van der Waals surface area contributed by atoms with E-state index in [9.17, 15) is 8.42 Å². The Balaban J connectivity index is 2.58. The Morgan fingerprint density at radius 1 is 1.60 bits per heavy atom. The Bertz CT molecular complexity index is 392. The fourth-order valence-electron chi connectivity index (χ4n) is 0.871. The topological polar surface area (TPSA) is 98.0 Å². The van der Waals surface area contributed by atoms with E-state index in [-0.39, 0.29) is 13.1 Å². The maximum atomic E-state index is 11.5. The van der Waals surface area contributed by atoms with Crippen molar-refractivity contribution in [3.05, 3.63) is 24.0 Å². The molecule has 1 atom stereocenters. The van der Waals surface area contributed by atoms with Gasteiger partial charge in [0.2, 0.25) is 10.0 Å². The lowest BCUT2D eigenvalue weighted by atomic mass is 10.4. The number of nitrogens with one attached hydrogen (secondary N) is 1. The molecule has 0 radical (unpaired) electrons. The lowest BCUT2D eigenvalue weighted by Crippen LogP contribution is -2.36. The molecule has 1 unspecified atom stereocenters. The highest BCUT2D eigenvalue weighted by Crippen LogP contribution is 1.98. The molecule has 1 aromatic heterocycles.